The fourth-order valence-electron chi connectivity index (χ4n) is 4.33. The number of nitrogens with zero attached hydrogens (tertiary/aromatic N) is 1. The van der Waals surface area contributed by atoms with E-state index >= 15 is 0 Å². The van der Waals surface area contributed by atoms with Crippen LogP contribution in [0.2, 0.25) is 0 Å². The molecule has 0 fully saturated rings. The van der Waals surface area contributed by atoms with Gasteiger partial charge in [-0.25, -0.2) is 4.99 Å². The van der Waals surface area contributed by atoms with Gasteiger partial charge >= 0.3 is 0 Å². The second kappa shape index (κ2) is 8.68. The first-order valence-corrected chi connectivity index (χ1v) is 10.8. The normalized spacial score (nSPS) is 21.5. The molecule has 2 bridgehead atoms. The molecule has 1 atom stereocenters. The second-order valence-corrected chi connectivity index (χ2v) is 7.77. The molecule has 4 rings (SSSR count). The van der Waals surface area contributed by atoms with Crippen molar-refractivity contribution in [2.45, 2.75) is 64.7 Å². The second-order valence-electron chi connectivity index (χ2n) is 7.77. The lowest BCUT2D eigenvalue weighted by Gasteiger charge is -2.15. The summed E-state index contributed by atoms with van der Waals surface area (Å²) in [6.45, 7) is 4.96. The molecule has 28 heavy (non-hydrogen) atoms. The number of hydrogen-bond donors (Lipinski definition) is 2. The summed E-state index contributed by atoms with van der Waals surface area (Å²) in [4.78, 5) is 11.8. The highest BCUT2D eigenvalue weighted by Crippen LogP contribution is 2.34. The van der Waals surface area contributed by atoms with E-state index in [0.29, 0.717) is 12.5 Å². The molecule has 1 unspecified atom stereocenters. The maximum atomic E-state index is 5.90. The quantitative estimate of drug-likeness (QED) is 0.649. The molecule has 2 aliphatic rings. The van der Waals surface area contributed by atoms with Gasteiger partial charge in [0.05, 0.1) is 18.0 Å². The third-order valence-corrected chi connectivity index (χ3v) is 5.83. The zero-order chi connectivity index (χ0) is 19.3. The van der Waals surface area contributed by atoms with Crippen LogP contribution in [0.1, 0.15) is 80.9 Å². The molecular formula is C24H31N3O. The third kappa shape index (κ3) is 4.01. The summed E-state index contributed by atoms with van der Waals surface area (Å²) in [7, 11) is 0. The predicted molar refractivity (Wildman–Crippen MR) is 116 cm³/mol. The monoisotopic (exact) mass is 377 g/mol. The molecule has 2 aromatic heterocycles. The molecule has 0 aromatic carbocycles. The van der Waals surface area contributed by atoms with Gasteiger partial charge in [0.25, 0.3) is 0 Å². The number of aromatic nitrogens is 2. The van der Waals surface area contributed by atoms with Gasteiger partial charge in [0.1, 0.15) is 11.5 Å². The van der Waals surface area contributed by atoms with Crippen LogP contribution in [-0.2, 0) is 11.2 Å². The van der Waals surface area contributed by atoms with Crippen LogP contribution in [0.4, 0.5) is 0 Å². The minimum absolute atomic E-state index is 0.614. The van der Waals surface area contributed by atoms with E-state index in [-0.39, 0.29) is 0 Å². The summed E-state index contributed by atoms with van der Waals surface area (Å²) >= 11 is 0. The number of nitrogens with one attached hydrogen (secondary N) is 2. The van der Waals surface area contributed by atoms with Crippen molar-refractivity contribution < 1.29 is 4.74 Å². The smallest absolute Gasteiger partial charge is 0.147 e. The summed E-state index contributed by atoms with van der Waals surface area (Å²) in [5.41, 5.74) is 6.87. The number of allylic oxidation sites excluding steroid dienone is 1. The van der Waals surface area contributed by atoms with Gasteiger partial charge in [0.15, 0.2) is 0 Å². The standard InChI is InChI=1S/C24H31N3O/c1-3-17-10-7-5-6-8-11-18-14-19(17)21(26-18)15-23-24(28-4-2)16-22(27-23)20-12-9-13-25-20/h9,12-17,25-26H,3-8,10-11H2,1-2H3/b23-15+. The van der Waals surface area contributed by atoms with Crippen molar-refractivity contribution >= 4 is 11.8 Å². The van der Waals surface area contributed by atoms with Crippen molar-refractivity contribution in [3.8, 4) is 0 Å². The Morgan fingerprint density at radius 3 is 2.89 bits per heavy atom. The first-order valence-electron chi connectivity index (χ1n) is 10.8. The summed E-state index contributed by atoms with van der Waals surface area (Å²) in [6, 6.07) is 6.44. The lowest BCUT2D eigenvalue weighted by atomic mass is 9.89. The molecule has 0 amide bonds. The number of H-pyrrole nitrogens is 2. The topological polar surface area (TPSA) is 53.2 Å². The van der Waals surface area contributed by atoms with Crippen LogP contribution in [0.15, 0.2) is 46.9 Å². The highest BCUT2D eigenvalue weighted by molar-refractivity contribution is 6.11. The van der Waals surface area contributed by atoms with E-state index < -0.39 is 0 Å². The number of aliphatic imine (C=N–C) groups is 1. The SMILES string of the molecule is CCOC1=CC(c2ccc[nH]2)=N/C1=C/c1[nH]c2cc1C(CC)CCCCCC2. The molecular weight excluding hydrogens is 346 g/mol. The Kier molecular flexibility index (Phi) is 5.84. The molecule has 3 heterocycles. The average molecular weight is 378 g/mol. The highest BCUT2D eigenvalue weighted by atomic mass is 16.5. The summed E-state index contributed by atoms with van der Waals surface area (Å²) in [5.74, 6) is 1.47. The van der Waals surface area contributed by atoms with Gasteiger partial charge in [0.2, 0.25) is 0 Å². The van der Waals surface area contributed by atoms with Crippen molar-refractivity contribution in [3.05, 3.63) is 64.6 Å². The number of ether oxygens (including phenoxy) is 1. The Morgan fingerprint density at radius 2 is 2.11 bits per heavy atom. The zero-order valence-electron chi connectivity index (χ0n) is 17.1. The third-order valence-electron chi connectivity index (χ3n) is 5.83. The Bertz CT molecular complexity index is 883. The molecule has 0 spiro atoms. The maximum Gasteiger partial charge on any atom is 0.147 e. The Morgan fingerprint density at radius 1 is 1.21 bits per heavy atom. The van der Waals surface area contributed by atoms with Crippen molar-refractivity contribution in [1.82, 2.24) is 9.97 Å². The fraction of sp³-hybridized carbons (Fsp3) is 0.458. The van der Waals surface area contributed by atoms with E-state index in [9.17, 15) is 0 Å². The lowest BCUT2D eigenvalue weighted by Crippen LogP contribution is -1.99. The molecule has 1 aliphatic heterocycles. The largest absolute Gasteiger partial charge is 0.492 e. The van der Waals surface area contributed by atoms with Gasteiger partial charge < -0.3 is 14.7 Å². The summed E-state index contributed by atoms with van der Waals surface area (Å²) in [5, 5.41) is 0. The number of aryl methyl sites for hydroxylation is 1. The molecule has 4 heteroatoms. The average Bonchev–Trinajstić information content (AvgIpc) is 3.43. The molecule has 0 saturated carbocycles. The van der Waals surface area contributed by atoms with Crippen molar-refractivity contribution in [2.75, 3.05) is 6.61 Å². The Labute approximate surface area is 167 Å². The number of hydrogen-bond acceptors (Lipinski definition) is 2. The van der Waals surface area contributed by atoms with Crippen LogP contribution < -0.4 is 0 Å². The van der Waals surface area contributed by atoms with Crippen LogP contribution in [-0.4, -0.2) is 22.3 Å². The summed E-state index contributed by atoms with van der Waals surface area (Å²) < 4.78 is 5.90. The van der Waals surface area contributed by atoms with Crippen molar-refractivity contribution in [2.24, 2.45) is 4.99 Å². The molecule has 148 valence electrons. The van der Waals surface area contributed by atoms with Crippen LogP contribution in [0, 0.1) is 0 Å². The minimum atomic E-state index is 0.614. The molecule has 0 radical (unpaired) electrons. The van der Waals surface area contributed by atoms with E-state index in [2.05, 4.69) is 29.0 Å². The van der Waals surface area contributed by atoms with E-state index in [1.807, 2.05) is 31.3 Å². The van der Waals surface area contributed by atoms with Gasteiger partial charge in [-0.15, -0.1) is 0 Å². The Hall–Kier alpha value is -2.49. The zero-order valence-corrected chi connectivity index (χ0v) is 17.1. The van der Waals surface area contributed by atoms with Crippen molar-refractivity contribution in [1.29, 1.82) is 0 Å². The first-order chi connectivity index (χ1) is 13.8. The van der Waals surface area contributed by atoms with Crippen LogP contribution in [0.25, 0.3) is 6.08 Å². The number of aromatic amines is 2. The minimum Gasteiger partial charge on any atom is -0.492 e. The number of fused-ring (bicyclic) bond motifs is 2. The molecule has 0 saturated heterocycles. The van der Waals surface area contributed by atoms with Crippen LogP contribution in [0.3, 0.4) is 0 Å². The van der Waals surface area contributed by atoms with Gasteiger partial charge in [-0.3, -0.25) is 0 Å². The van der Waals surface area contributed by atoms with E-state index in [4.69, 9.17) is 9.73 Å². The van der Waals surface area contributed by atoms with E-state index in [1.165, 1.54) is 55.5 Å². The first kappa shape index (κ1) is 18.9. The van der Waals surface area contributed by atoms with Gasteiger partial charge in [-0.2, -0.15) is 0 Å². The van der Waals surface area contributed by atoms with E-state index in [1.54, 1.807) is 0 Å². The number of rotatable bonds is 5. The molecule has 4 nitrogen and oxygen atoms in total. The van der Waals surface area contributed by atoms with Crippen LogP contribution >= 0.6 is 0 Å². The fourth-order valence-corrected chi connectivity index (χ4v) is 4.33. The van der Waals surface area contributed by atoms with Crippen molar-refractivity contribution in [3.63, 3.8) is 0 Å². The highest BCUT2D eigenvalue weighted by Gasteiger charge is 2.21. The molecule has 2 N–H and O–H groups in total. The Balaban J connectivity index is 1.72. The molecule has 1 aliphatic carbocycles. The summed E-state index contributed by atoms with van der Waals surface area (Å²) in [6.07, 6.45) is 15.0. The van der Waals surface area contributed by atoms with Gasteiger partial charge in [0, 0.05) is 23.7 Å². The van der Waals surface area contributed by atoms with E-state index in [0.717, 1.165) is 29.3 Å². The van der Waals surface area contributed by atoms with Gasteiger partial charge in [-0.1, -0.05) is 26.2 Å². The maximum absolute atomic E-state index is 5.90. The van der Waals surface area contributed by atoms with Crippen LogP contribution in [0.5, 0.6) is 0 Å². The van der Waals surface area contributed by atoms with Gasteiger partial charge in [-0.05, 0) is 68.4 Å². The molecule has 2 aromatic rings. The predicted octanol–water partition coefficient (Wildman–Crippen LogP) is 6.11. The lowest BCUT2D eigenvalue weighted by molar-refractivity contribution is 0.239.